The Morgan fingerprint density at radius 1 is 1.23 bits per heavy atom. The molecular formula is C21H27N3O2. The Morgan fingerprint density at radius 3 is 2.73 bits per heavy atom. The van der Waals surface area contributed by atoms with Gasteiger partial charge in [0.05, 0.1) is 5.56 Å². The van der Waals surface area contributed by atoms with Crippen molar-refractivity contribution in [2.24, 2.45) is 0 Å². The van der Waals surface area contributed by atoms with Crippen LogP contribution in [0.2, 0.25) is 0 Å². The fourth-order valence-corrected chi connectivity index (χ4v) is 3.72. The summed E-state index contributed by atoms with van der Waals surface area (Å²) in [7, 11) is 0. The van der Waals surface area contributed by atoms with Crippen LogP contribution in [0.3, 0.4) is 0 Å². The van der Waals surface area contributed by atoms with E-state index in [-0.39, 0.29) is 17.6 Å². The second-order valence-electron chi connectivity index (χ2n) is 7.02. The number of aromatic nitrogens is 2. The number of amides is 1. The van der Waals surface area contributed by atoms with Crippen molar-refractivity contribution in [3.8, 4) is 0 Å². The number of carbonyl (C=O) groups excluding carboxylic acids is 2. The number of carbonyl (C=O) groups is 2. The van der Waals surface area contributed by atoms with Crippen molar-refractivity contribution in [3.05, 3.63) is 53.6 Å². The lowest BCUT2D eigenvalue weighted by Gasteiger charge is -2.33. The second-order valence-corrected chi connectivity index (χ2v) is 7.02. The molecule has 1 aliphatic rings. The maximum absolute atomic E-state index is 13.0. The zero-order chi connectivity index (χ0) is 18.5. The van der Waals surface area contributed by atoms with E-state index in [0.717, 1.165) is 44.6 Å². The lowest BCUT2D eigenvalue weighted by atomic mass is 9.95. The maximum Gasteiger partial charge on any atom is 0.254 e. The third-order valence-corrected chi connectivity index (χ3v) is 5.11. The second kappa shape index (κ2) is 8.30. The molecule has 1 aromatic carbocycles. The lowest BCUT2D eigenvalue weighted by molar-refractivity contribution is 0.0699. The van der Waals surface area contributed by atoms with Crippen LogP contribution < -0.4 is 0 Å². The van der Waals surface area contributed by atoms with E-state index in [1.54, 1.807) is 18.2 Å². The van der Waals surface area contributed by atoms with E-state index in [1.165, 1.54) is 6.92 Å². The van der Waals surface area contributed by atoms with E-state index >= 15 is 0 Å². The fraction of sp³-hybridized carbons (Fsp3) is 0.476. The van der Waals surface area contributed by atoms with Crippen molar-refractivity contribution in [1.82, 2.24) is 14.5 Å². The molecule has 2 heterocycles. The molecule has 3 rings (SSSR count). The van der Waals surface area contributed by atoms with Gasteiger partial charge in [-0.2, -0.15) is 0 Å². The molecule has 1 unspecified atom stereocenters. The van der Waals surface area contributed by atoms with Crippen molar-refractivity contribution < 1.29 is 9.59 Å². The Balaban J connectivity index is 1.78. The van der Waals surface area contributed by atoms with Gasteiger partial charge >= 0.3 is 0 Å². The average molecular weight is 353 g/mol. The Hall–Kier alpha value is -2.43. The largest absolute Gasteiger partial charge is 0.338 e. The van der Waals surface area contributed by atoms with Crippen LogP contribution in [0, 0.1) is 0 Å². The molecule has 0 radical (unpaired) electrons. The third kappa shape index (κ3) is 3.87. The van der Waals surface area contributed by atoms with Crippen LogP contribution in [0.5, 0.6) is 0 Å². The van der Waals surface area contributed by atoms with Gasteiger partial charge in [0.15, 0.2) is 5.78 Å². The predicted molar refractivity (Wildman–Crippen MR) is 101 cm³/mol. The monoisotopic (exact) mass is 353 g/mol. The highest BCUT2D eigenvalue weighted by molar-refractivity contribution is 6.07. The van der Waals surface area contributed by atoms with Gasteiger partial charge in [-0.25, -0.2) is 4.98 Å². The quantitative estimate of drug-likeness (QED) is 0.740. The Labute approximate surface area is 155 Å². The van der Waals surface area contributed by atoms with Crippen molar-refractivity contribution in [1.29, 1.82) is 0 Å². The van der Waals surface area contributed by atoms with E-state index < -0.39 is 0 Å². The van der Waals surface area contributed by atoms with Crippen LogP contribution in [0.1, 0.15) is 72.0 Å². The fourth-order valence-electron chi connectivity index (χ4n) is 3.72. The SMILES string of the molecule is CCCCn1ccnc1C1CCCN(C(=O)c2ccccc2C(C)=O)C1. The van der Waals surface area contributed by atoms with Gasteiger partial charge in [-0.15, -0.1) is 0 Å². The molecule has 0 saturated carbocycles. The summed E-state index contributed by atoms with van der Waals surface area (Å²) in [4.78, 5) is 31.4. The van der Waals surface area contributed by atoms with Gasteiger partial charge in [0.25, 0.3) is 5.91 Å². The molecule has 1 amide bonds. The molecule has 0 aliphatic carbocycles. The summed E-state index contributed by atoms with van der Waals surface area (Å²) in [5.74, 6) is 1.21. The summed E-state index contributed by atoms with van der Waals surface area (Å²) < 4.78 is 2.23. The molecule has 1 aromatic heterocycles. The van der Waals surface area contributed by atoms with Gasteiger partial charge in [-0.1, -0.05) is 31.5 Å². The van der Waals surface area contributed by atoms with E-state index in [0.29, 0.717) is 17.7 Å². The van der Waals surface area contributed by atoms with E-state index in [9.17, 15) is 9.59 Å². The van der Waals surface area contributed by atoms with Crippen molar-refractivity contribution in [2.45, 2.75) is 52.0 Å². The van der Waals surface area contributed by atoms with Gasteiger partial charge in [0, 0.05) is 43.5 Å². The molecule has 1 atom stereocenters. The minimum absolute atomic E-state index is 0.0489. The van der Waals surface area contributed by atoms with Crippen LogP contribution in [-0.2, 0) is 6.54 Å². The average Bonchev–Trinajstić information content (AvgIpc) is 3.14. The van der Waals surface area contributed by atoms with E-state index in [4.69, 9.17) is 0 Å². The molecule has 1 saturated heterocycles. The van der Waals surface area contributed by atoms with Crippen molar-refractivity contribution in [3.63, 3.8) is 0 Å². The lowest BCUT2D eigenvalue weighted by Crippen LogP contribution is -2.40. The van der Waals surface area contributed by atoms with Crippen LogP contribution >= 0.6 is 0 Å². The standard InChI is InChI=1S/C21H27N3O2/c1-3-4-12-23-14-11-22-20(23)17-8-7-13-24(15-17)21(26)19-10-6-5-9-18(19)16(2)25/h5-6,9-11,14,17H,3-4,7-8,12-13,15H2,1-2H3. The maximum atomic E-state index is 13.0. The Kier molecular flexibility index (Phi) is 5.86. The summed E-state index contributed by atoms with van der Waals surface area (Å²) in [6.07, 6.45) is 8.17. The van der Waals surface area contributed by atoms with Crippen molar-refractivity contribution >= 4 is 11.7 Å². The molecule has 0 spiro atoms. The van der Waals surface area contributed by atoms with Gasteiger partial charge in [-0.05, 0) is 32.3 Å². The Morgan fingerprint density at radius 2 is 2.00 bits per heavy atom. The highest BCUT2D eigenvalue weighted by Crippen LogP contribution is 2.27. The number of benzene rings is 1. The molecule has 26 heavy (non-hydrogen) atoms. The number of likely N-dealkylation sites (tertiary alicyclic amines) is 1. The summed E-state index contributed by atoms with van der Waals surface area (Å²) in [6.45, 7) is 6.06. The minimum atomic E-state index is -0.0716. The number of rotatable bonds is 6. The number of hydrogen-bond donors (Lipinski definition) is 0. The molecule has 0 N–H and O–H groups in total. The number of ketones is 1. The van der Waals surface area contributed by atoms with E-state index in [1.807, 2.05) is 23.4 Å². The first-order valence-electron chi connectivity index (χ1n) is 9.52. The number of nitrogens with zero attached hydrogens (tertiary/aromatic N) is 3. The number of piperidine rings is 1. The first-order chi connectivity index (χ1) is 12.6. The molecule has 1 aliphatic heterocycles. The molecular weight excluding hydrogens is 326 g/mol. The molecule has 0 bridgehead atoms. The molecule has 5 nitrogen and oxygen atoms in total. The smallest absolute Gasteiger partial charge is 0.254 e. The van der Waals surface area contributed by atoms with E-state index in [2.05, 4.69) is 16.5 Å². The molecule has 5 heteroatoms. The summed E-state index contributed by atoms with van der Waals surface area (Å²) in [6, 6.07) is 7.11. The number of Topliss-reactive ketones (excluding diaryl/α,β-unsaturated/α-hetero) is 1. The van der Waals surface area contributed by atoms with Crippen LogP contribution in [0.15, 0.2) is 36.7 Å². The number of unbranched alkanes of at least 4 members (excludes halogenated alkanes) is 1. The number of imidazole rings is 1. The zero-order valence-corrected chi connectivity index (χ0v) is 15.6. The molecule has 138 valence electrons. The van der Waals surface area contributed by atoms with Crippen molar-refractivity contribution in [2.75, 3.05) is 13.1 Å². The highest BCUT2D eigenvalue weighted by Gasteiger charge is 2.29. The topological polar surface area (TPSA) is 55.2 Å². The molecule has 1 fully saturated rings. The van der Waals surface area contributed by atoms with Gasteiger partial charge < -0.3 is 9.47 Å². The van der Waals surface area contributed by atoms with Gasteiger partial charge in [0.1, 0.15) is 5.82 Å². The van der Waals surface area contributed by atoms with Gasteiger partial charge in [0.2, 0.25) is 0 Å². The number of hydrogen-bond acceptors (Lipinski definition) is 3. The zero-order valence-electron chi connectivity index (χ0n) is 15.6. The third-order valence-electron chi connectivity index (χ3n) is 5.11. The summed E-state index contributed by atoms with van der Waals surface area (Å²) >= 11 is 0. The predicted octanol–water partition coefficient (Wildman–Crippen LogP) is 3.91. The first kappa shape index (κ1) is 18.4. The normalized spacial score (nSPS) is 17.3. The van der Waals surface area contributed by atoms with Gasteiger partial charge in [-0.3, -0.25) is 9.59 Å². The highest BCUT2D eigenvalue weighted by atomic mass is 16.2. The number of aryl methyl sites for hydroxylation is 1. The van der Waals surface area contributed by atoms with Crippen LogP contribution in [0.25, 0.3) is 0 Å². The summed E-state index contributed by atoms with van der Waals surface area (Å²) in [5.41, 5.74) is 1.01. The van der Waals surface area contributed by atoms with Crippen LogP contribution in [0.4, 0.5) is 0 Å². The molecule has 2 aromatic rings. The van der Waals surface area contributed by atoms with Crippen LogP contribution in [-0.4, -0.2) is 39.2 Å². The summed E-state index contributed by atoms with van der Waals surface area (Å²) in [5, 5.41) is 0. The Bertz CT molecular complexity index is 781. The first-order valence-corrected chi connectivity index (χ1v) is 9.52. The minimum Gasteiger partial charge on any atom is -0.338 e.